The lowest BCUT2D eigenvalue weighted by Gasteiger charge is -2.30. The number of hydrogen-bond acceptors (Lipinski definition) is 4. The van der Waals surface area contributed by atoms with Crippen LogP contribution >= 0.6 is 11.6 Å². The van der Waals surface area contributed by atoms with Gasteiger partial charge in [-0.1, -0.05) is 48.9 Å². The zero-order valence-electron chi connectivity index (χ0n) is 16.3. The van der Waals surface area contributed by atoms with Gasteiger partial charge in [-0.3, -0.25) is 9.59 Å². The van der Waals surface area contributed by atoms with Gasteiger partial charge in [0.05, 0.1) is 7.11 Å². The summed E-state index contributed by atoms with van der Waals surface area (Å²) in [6, 6.07) is 13.7. The molecule has 0 aliphatic heterocycles. The molecule has 7 heteroatoms. The molecule has 28 heavy (non-hydrogen) atoms. The molecule has 0 spiro atoms. The van der Waals surface area contributed by atoms with E-state index >= 15 is 0 Å². The van der Waals surface area contributed by atoms with Crippen molar-refractivity contribution in [1.82, 2.24) is 10.2 Å². The second-order valence-electron chi connectivity index (χ2n) is 6.09. The number of nitrogens with one attached hydrogen (secondary N) is 1. The molecular weight excluding hydrogens is 380 g/mol. The molecule has 0 aliphatic carbocycles. The molecule has 150 valence electrons. The second kappa shape index (κ2) is 10.6. The van der Waals surface area contributed by atoms with Crippen molar-refractivity contribution >= 4 is 23.4 Å². The van der Waals surface area contributed by atoms with Gasteiger partial charge < -0.3 is 19.7 Å². The monoisotopic (exact) mass is 404 g/mol. The Bertz CT molecular complexity index is 812. The first-order valence-electron chi connectivity index (χ1n) is 9.02. The molecule has 0 radical (unpaired) electrons. The molecule has 0 bridgehead atoms. The Morgan fingerprint density at radius 3 is 2.36 bits per heavy atom. The van der Waals surface area contributed by atoms with Gasteiger partial charge in [-0.25, -0.2) is 0 Å². The van der Waals surface area contributed by atoms with Gasteiger partial charge in [-0.15, -0.1) is 0 Å². The minimum atomic E-state index is -0.630. The van der Waals surface area contributed by atoms with E-state index in [-0.39, 0.29) is 25.0 Å². The lowest BCUT2D eigenvalue weighted by molar-refractivity contribution is -0.142. The lowest BCUT2D eigenvalue weighted by Crippen LogP contribution is -2.49. The van der Waals surface area contributed by atoms with Gasteiger partial charge in [0.25, 0.3) is 5.91 Å². The largest absolute Gasteiger partial charge is 0.493 e. The number of likely N-dealkylation sites (N-methyl/N-ethyl adjacent to an activating group) is 1. The smallest absolute Gasteiger partial charge is 0.261 e. The molecule has 0 saturated carbocycles. The van der Waals surface area contributed by atoms with Crippen LogP contribution in [-0.2, 0) is 16.1 Å². The van der Waals surface area contributed by atoms with Gasteiger partial charge >= 0.3 is 0 Å². The van der Waals surface area contributed by atoms with Crippen LogP contribution in [0, 0.1) is 0 Å². The molecule has 1 unspecified atom stereocenters. The fraction of sp³-hybridized carbons (Fsp3) is 0.333. The van der Waals surface area contributed by atoms with Crippen molar-refractivity contribution in [3.05, 3.63) is 59.1 Å². The normalized spacial score (nSPS) is 11.4. The van der Waals surface area contributed by atoms with Crippen LogP contribution in [-0.4, -0.2) is 43.5 Å². The summed E-state index contributed by atoms with van der Waals surface area (Å²) in [5.41, 5.74) is 0.761. The van der Waals surface area contributed by atoms with E-state index in [0.717, 1.165) is 5.56 Å². The Morgan fingerprint density at radius 1 is 1.11 bits per heavy atom. The van der Waals surface area contributed by atoms with Gasteiger partial charge in [0.2, 0.25) is 5.91 Å². The van der Waals surface area contributed by atoms with E-state index in [2.05, 4.69) is 5.32 Å². The number of methoxy groups -OCH3 is 1. The van der Waals surface area contributed by atoms with Gasteiger partial charge in [-0.05, 0) is 30.2 Å². The summed E-state index contributed by atoms with van der Waals surface area (Å²) in [7, 11) is 3.08. The molecule has 0 saturated heterocycles. The van der Waals surface area contributed by atoms with Crippen LogP contribution < -0.4 is 14.8 Å². The fourth-order valence-corrected chi connectivity index (χ4v) is 3.05. The van der Waals surface area contributed by atoms with Crippen molar-refractivity contribution in [3.8, 4) is 11.5 Å². The topological polar surface area (TPSA) is 67.9 Å². The molecule has 1 N–H and O–H groups in total. The summed E-state index contributed by atoms with van der Waals surface area (Å²) in [6.07, 6.45) is 0.463. The summed E-state index contributed by atoms with van der Waals surface area (Å²) in [5, 5.41) is 3.16. The van der Waals surface area contributed by atoms with Gasteiger partial charge in [0.15, 0.2) is 18.1 Å². The van der Waals surface area contributed by atoms with Crippen LogP contribution in [0.4, 0.5) is 0 Å². The quantitative estimate of drug-likeness (QED) is 0.696. The molecule has 0 aliphatic rings. The van der Waals surface area contributed by atoms with Crippen LogP contribution in [0.2, 0.25) is 5.02 Å². The molecule has 2 aromatic carbocycles. The predicted molar refractivity (Wildman–Crippen MR) is 109 cm³/mol. The number of para-hydroxylation sites is 2. The standard InChI is InChI=1S/C21H25ClN2O4/c1-4-17(21(26)23-2)24(13-15-9-5-6-10-16(15)22)20(25)14-28-19-12-8-7-11-18(19)27-3/h5-12,17H,4,13-14H2,1-3H3,(H,23,26). The summed E-state index contributed by atoms with van der Waals surface area (Å²) < 4.78 is 10.9. The maximum absolute atomic E-state index is 13.0. The molecule has 2 amide bonds. The van der Waals surface area contributed by atoms with Crippen molar-refractivity contribution in [2.75, 3.05) is 20.8 Å². The van der Waals surface area contributed by atoms with Gasteiger partial charge in [0.1, 0.15) is 6.04 Å². The zero-order valence-corrected chi connectivity index (χ0v) is 17.0. The van der Waals surface area contributed by atoms with E-state index in [0.29, 0.717) is 22.9 Å². The minimum absolute atomic E-state index is 0.208. The van der Waals surface area contributed by atoms with Crippen molar-refractivity contribution in [2.45, 2.75) is 25.9 Å². The highest BCUT2D eigenvalue weighted by molar-refractivity contribution is 6.31. The van der Waals surface area contributed by atoms with Crippen molar-refractivity contribution < 1.29 is 19.1 Å². The highest BCUT2D eigenvalue weighted by Gasteiger charge is 2.28. The van der Waals surface area contributed by atoms with Gasteiger partial charge in [-0.2, -0.15) is 0 Å². The van der Waals surface area contributed by atoms with Gasteiger partial charge in [0, 0.05) is 18.6 Å². The minimum Gasteiger partial charge on any atom is -0.493 e. The molecule has 0 fully saturated rings. The average molecular weight is 405 g/mol. The first kappa shape index (κ1) is 21.6. The van der Waals surface area contributed by atoms with Crippen LogP contribution in [0.1, 0.15) is 18.9 Å². The summed E-state index contributed by atoms with van der Waals surface area (Å²) in [6.45, 7) is 1.84. The number of nitrogens with zero attached hydrogens (tertiary/aromatic N) is 1. The third kappa shape index (κ3) is 5.39. The van der Waals surface area contributed by atoms with E-state index in [1.165, 1.54) is 12.0 Å². The molecule has 1 atom stereocenters. The molecule has 6 nitrogen and oxygen atoms in total. The fourth-order valence-electron chi connectivity index (χ4n) is 2.86. The first-order valence-corrected chi connectivity index (χ1v) is 9.39. The number of benzene rings is 2. The van der Waals surface area contributed by atoms with E-state index in [4.69, 9.17) is 21.1 Å². The third-order valence-corrected chi connectivity index (χ3v) is 4.72. The molecule has 0 aromatic heterocycles. The van der Waals surface area contributed by atoms with E-state index in [1.54, 1.807) is 31.3 Å². The second-order valence-corrected chi connectivity index (χ2v) is 6.50. The lowest BCUT2D eigenvalue weighted by atomic mass is 10.1. The van der Waals surface area contributed by atoms with Crippen molar-refractivity contribution in [2.24, 2.45) is 0 Å². The van der Waals surface area contributed by atoms with E-state index in [9.17, 15) is 9.59 Å². The van der Waals surface area contributed by atoms with Crippen LogP contribution in [0.25, 0.3) is 0 Å². The Morgan fingerprint density at radius 2 is 1.75 bits per heavy atom. The number of carbonyl (C=O) groups is 2. The third-order valence-electron chi connectivity index (χ3n) is 4.35. The Balaban J connectivity index is 2.23. The Labute approximate surface area is 170 Å². The molecule has 2 rings (SSSR count). The number of carbonyl (C=O) groups excluding carboxylic acids is 2. The number of hydrogen-bond donors (Lipinski definition) is 1. The first-order chi connectivity index (χ1) is 13.5. The van der Waals surface area contributed by atoms with Crippen molar-refractivity contribution in [3.63, 3.8) is 0 Å². The highest BCUT2D eigenvalue weighted by atomic mass is 35.5. The predicted octanol–water partition coefficient (Wildman–Crippen LogP) is 3.28. The maximum atomic E-state index is 13.0. The molecule has 0 heterocycles. The average Bonchev–Trinajstić information content (AvgIpc) is 2.73. The number of halogens is 1. The van der Waals surface area contributed by atoms with Crippen molar-refractivity contribution in [1.29, 1.82) is 0 Å². The number of rotatable bonds is 9. The molecule has 2 aromatic rings. The van der Waals surface area contributed by atoms with Crippen LogP contribution in [0.15, 0.2) is 48.5 Å². The number of ether oxygens (including phenoxy) is 2. The Kier molecular flexibility index (Phi) is 8.14. The Hall–Kier alpha value is -2.73. The summed E-state index contributed by atoms with van der Waals surface area (Å²) >= 11 is 6.26. The number of amides is 2. The van der Waals surface area contributed by atoms with Crippen LogP contribution in [0.3, 0.4) is 0 Å². The summed E-state index contributed by atoms with van der Waals surface area (Å²) in [5.74, 6) is 0.441. The maximum Gasteiger partial charge on any atom is 0.261 e. The van der Waals surface area contributed by atoms with Crippen LogP contribution in [0.5, 0.6) is 11.5 Å². The van der Waals surface area contributed by atoms with E-state index in [1.807, 2.05) is 31.2 Å². The van der Waals surface area contributed by atoms with E-state index < -0.39 is 6.04 Å². The highest BCUT2D eigenvalue weighted by Crippen LogP contribution is 2.26. The molecular formula is C21H25ClN2O4. The zero-order chi connectivity index (χ0) is 20.5. The SMILES string of the molecule is CCC(C(=O)NC)N(Cc1ccccc1Cl)C(=O)COc1ccccc1OC. The summed E-state index contributed by atoms with van der Waals surface area (Å²) in [4.78, 5) is 26.8.